The summed E-state index contributed by atoms with van der Waals surface area (Å²) in [5.41, 5.74) is 1.85. The van der Waals surface area contributed by atoms with Crippen molar-refractivity contribution in [2.45, 2.75) is 141 Å². The first-order valence-electron chi connectivity index (χ1n) is 23.6. The van der Waals surface area contributed by atoms with Crippen LogP contribution in [0.4, 0.5) is 8.78 Å². The molecule has 12 atom stereocenters. The van der Waals surface area contributed by atoms with E-state index in [1.807, 2.05) is 60.7 Å². The van der Waals surface area contributed by atoms with Gasteiger partial charge in [0.25, 0.3) is 0 Å². The van der Waals surface area contributed by atoms with Crippen LogP contribution in [0.15, 0.2) is 97.1 Å². The number of carbonyl (C=O) groups is 2. The van der Waals surface area contributed by atoms with Crippen LogP contribution >= 0.6 is 22.7 Å². The molecule has 2 aromatic heterocycles. The molecule has 4 saturated heterocycles. The Balaban J connectivity index is 0.000000298. The number of ether oxygens (including phenoxy) is 2. The van der Waals surface area contributed by atoms with Gasteiger partial charge >= 0.3 is 11.9 Å². The lowest BCUT2D eigenvalue weighted by molar-refractivity contribution is -0.231. The van der Waals surface area contributed by atoms with Crippen LogP contribution in [0.2, 0.25) is 0 Å². The van der Waals surface area contributed by atoms with Gasteiger partial charge in [0.1, 0.15) is 84.8 Å². The van der Waals surface area contributed by atoms with E-state index in [1.165, 1.54) is 24.3 Å². The molecule has 76 heavy (non-hydrogen) atoms. The molecule has 10 rings (SSSR count). The number of rotatable bonds is 10. The number of carboxylic acid groups (broad SMARTS) is 2. The standard InChI is InChI=1S/2C21H21FO5S.2C5H9NO2.4CH4/c2*22-15-6-5-12(21-20(26)19(25)18(24)16(10-23)27-21)7-13(15)9-14-8-11-3-1-2-4-17(11)28-14;2*7-5(8)4-2-1-3-6-4;;;;/h2*1-8,16,18-21,23-26H,9-10H2;2*4,6H,1-3H2,(H,7,8);4*1H4/t2*16-,18-,19+,20-,21+;2*4-;;;;/m1100..../s1. The third-order valence-corrected chi connectivity index (χ3v) is 15.2. The molecule has 0 spiro atoms. The number of hydrogen-bond acceptors (Lipinski definition) is 16. The fourth-order valence-corrected chi connectivity index (χ4v) is 11.2. The number of aliphatic hydroxyl groups excluding tert-OH is 8. The van der Waals surface area contributed by atoms with Gasteiger partial charge in [-0.05, 0) is 120 Å². The zero-order chi connectivity index (χ0) is 51.6. The molecule has 0 saturated carbocycles. The summed E-state index contributed by atoms with van der Waals surface area (Å²) in [5.74, 6) is -2.18. The maximum absolute atomic E-state index is 14.4. The van der Waals surface area contributed by atoms with Crippen LogP contribution in [0.25, 0.3) is 20.2 Å². The van der Waals surface area contributed by atoms with Crippen LogP contribution < -0.4 is 10.6 Å². The average molecular weight is 1100 g/mol. The number of nitrogens with one attached hydrogen (secondary N) is 2. The van der Waals surface area contributed by atoms with Crippen molar-refractivity contribution in [3.05, 3.63) is 141 Å². The fraction of sp³-hybridized carbons (Fsp3) is 0.464. The Kier molecular flexibility index (Phi) is 26.1. The predicted molar refractivity (Wildman–Crippen MR) is 292 cm³/mol. The Labute approximate surface area is 450 Å². The van der Waals surface area contributed by atoms with Crippen molar-refractivity contribution >= 4 is 54.8 Å². The second kappa shape index (κ2) is 30.3. The topological polar surface area (TPSA) is 279 Å². The van der Waals surface area contributed by atoms with Gasteiger partial charge in [0.2, 0.25) is 0 Å². The fourth-order valence-electron chi connectivity index (χ4n) is 8.98. The SMILES string of the molecule is C.C.C.C.O=C(O)[C@@H]1CCCN1.O=C(O)[C@@H]1CCCN1.OC[C@H]1O[C@@H](c2ccc(F)c(Cc3cc4ccccc4s3)c2)[C@H](O)[C@@H](O)[C@@H]1O.OC[C@H]1O[C@@H](c2ccc(F)c(Cc3cc4ccccc4s3)c2)[C@H](O)[C@@H](O)[C@@H]1O. The monoisotopic (exact) mass is 1100 g/mol. The molecule has 0 unspecified atom stereocenters. The number of thiophene rings is 2. The summed E-state index contributed by atoms with van der Waals surface area (Å²) in [7, 11) is 0. The second-order valence-electron chi connectivity index (χ2n) is 18.0. The van der Waals surface area contributed by atoms with Crippen LogP contribution in [0, 0.1) is 11.6 Å². The lowest BCUT2D eigenvalue weighted by Gasteiger charge is -2.40. The minimum absolute atomic E-state index is 0. The van der Waals surface area contributed by atoms with Crippen molar-refractivity contribution < 1.29 is 78.9 Å². The third kappa shape index (κ3) is 16.1. The molecule has 0 amide bonds. The number of aliphatic hydroxyl groups is 8. The van der Waals surface area contributed by atoms with Crippen LogP contribution in [0.1, 0.15) is 99.6 Å². The van der Waals surface area contributed by atoms with Crippen molar-refractivity contribution in [3.8, 4) is 0 Å². The zero-order valence-electron chi connectivity index (χ0n) is 38.9. The van der Waals surface area contributed by atoms with E-state index in [1.54, 1.807) is 34.8 Å². The molecular formula is C56H76F2N2O14S2. The first-order chi connectivity index (χ1) is 34.6. The number of carboxylic acids is 2. The number of hydrogen-bond donors (Lipinski definition) is 12. The van der Waals surface area contributed by atoms with Crippen molar-refractivity contribution in [1.82, 2.24) is 10.6 Å². The van der Waals surface area contributed by atoms with Crippen LogP contribution in [0.5, 0.6) is 0 Å². The lowest BCUT2D eigenvalue weighted by Crippen LogP contribution is -2.55. The first kappa shape index (κ1) is 65.4. The first-order valence-corrected chi connectivity index (χ1v) is 25.2. The van der Waals surface area contributed by atoms with Crippen molar-refractivity contribution in [1.29, 1.82) is 0 Å². The molecule has 0 aliphatic carbocycles. The Bertz CT molecular complexity index is 2480. The minimum atomic E-state index is -1.47. The summed E-state index contributed by atoms with van der Waals surface area (Å²) in [6.07, 6.45) is -8.16. The van der Waals surface area contributed by atoms with Crippen LogP contribution in [-0.2, 0) is 31.9 Å². The van der Waals surface area contributed by atoms with Crippen molar-refractivity contribution in [3.63, 3.8) is 0 Å². The largest absolute Gasteiger partial charge is 0.480 e. The van der Waals surface area contributed by atoms with Gasteiger partial charge in [-0.25, -0.2) is 8.78 Å². The van der Waals surface area contributed by atoms with Gasteiger partial charge in [0, 0.05) is 32.0 Å². The van der Waals surface area contributed by atoms with E-state index >= 15 is 0 Å². The Morgan fingerprint density at radius 2 is 0.895 bits per heavy atom. The summed E-state index contributed by atoms with van der Waals surface area (Å²) in [5, 5.41) is 104. The number of benzene rings is 4. The van der Waals surface area contributed by atoms with Gasteiger partial charge in [-0.3, -0.25) is 9.59 Å². The van der Waals surface area contributed by atoms with Gasteiger partial charge in [0.15, 0.2) is 0 Å². The highest BCUT2D eigenvalue weighted by molar-refractivity contribution is 7.19. The molecule has 12 N–H and O–H groups in total. The maximum Gasteiger partial charge on any atom is 0.320 e. The molecular weight excluding hydrogens is 1030 g/mol. The molecule has 16 nitrogen and oxygen atoms in total. The Hall–Kier alpha value is -4.88. The molecule has 420 valence electrons. The highest BCUT2D eigenvalue weighted by Gasteiger charge is 2.45. The summed E-state index contributed by atoms with van der Waals surface area (Å²) in [6, 6.07) is 28.2. The minimum Gasteiger partial charge on any atom is -0.480 e. The third-order valence-electron chi connectivity index (χ3n) is 13.0. The van der Waals surface area contributed by atoms with Crippen molar-refractivity contribution in [2.75, 3.05) is 26.3 Å². The number of fused-ring (bicyclic) bond motifs is 2. The molecule has 6 heterocycles. The van der Waals surface area contributed by atoms with E-state index in [2.05, 4.69) is 10.6 Å². The molecule has 6 aromatic rings. The van der Waals surface area contributed by atoms with E-state index in [4.69, 9.17) is 19.7 Å². The molecule has 0 bridgehead atoms. The van der Waals surface area contributed by atoms with Crippen LogP contribution in [-0.4, -0.2) is 150 Å². The second-order valence-corrected chi connectivity index (χ2v) is 20.4. The molecule has 0 radical (unpaired) electrons. The molecule has 4 aromatic carbocycles. The van der Waals surface area contributed by atoms with E-state index < -0.39 is 86.2 Å². The molecule has 4 aliphatic rings. The van der Waals surface area contributed by atoms with E-state index in [9.17, 15) is 59.2 Å². The summed E-state index contributed by atoms with van der Waals surface area (Å²) >= 11 is 3.19. The molecule has 20 heteroatoms. The quantitative estimate of drug-likeness (QED) is 0.0699. The number of aliphatic carboxylic acids is 2. The number of halogens is 2. The van der Waals surface area contributed by atoms with E-state index in [0.29, 0.717) is 35.1 Å². The van der Waals surface area contributed by atoms with Crippen molar-refractivity contribution in [2.24, 2.45) is 0 Å². The van der Waals surface area contributed by atoms with E-state index in [-0.39, 0.29) is 53.4 Å². The van der Waals surface area contributed by atoms with Crippen LogP contribution in [0.3, 0.4) is 0 Å². The maximum atomic E-state index is 14.4. The zero-order valence-corrected chi connectivity index (χ0v) is 40.5. The smallest absolute Gasteiger partial charge is 0.320 e. The molecule has 4 aliphatic heterocycles. The normalized spacial score (nSPS) is 26.6. The van der Waals surface area contributed by atoms with Gasteiger partial charge in [-0.2, -0.15) is 0 Å². The van der Waals surface area contributed by atoms with Gasteiger partial charge < -0.3 is 71.2 Å². The predicted octanol–water partition coefficient (Wildman–Crippen LogP) is 6.48. The van der Waals surface area contributed by atoms with Gasteiger partial charge in [0.05, 0.1) is 13.2 Å². The molecule has 4 fully saturated rings. The summed E-state index contributed by atoms with van der Waals surface area (Å²) in [4.78, 5) is 22.3. The van der Waals surface area contributed by atoms with Gasteiger partial charge in [-0.15, -0.1) is 22.7 Å². The Morgan fingerprint density at radius 3 is 1.20 bits per heavy atom. The lowest BCUT2D eigenvalue weighted by atomic mass is 9.90. The van der Waals surface area contributed by atoms with Gasteiger partial charge in [-0.1, -0.05) is 78.2 Å². The highest BCUT2D eigenvalue weighted by atomic mass is 32.1. The average Bonchev–Trinajstić information content (AvgIpc) is 4.23. The summed E-state index contributed by atoms with van der Waals surface area (Å²) in [6.45, 7) is 0.711. The van der Waals surface area contributed by atoms with E-state index in [0.717, 1.165) is 68.7 Å². The summed E-state index contributed by atoms with van der Waals surface area (Å²) < 4.78 is 42.3. The Morgan fingerprint density at radius 1 is 0.526 bits per heavy atom. The highest BCUT2D eigenvalue weighted by Crippen LogP contribution is 2.36.